The third-order valence-corrected chi connectivity index (χ3v) is 5.25. The van der Waals surface area contributed by atoms with Crippen LogP contribution in [0.3, 0.4) is 0 Å². The van der Waals surface area contributed by atoms with Gasteiger partial charge < -0.3 is 14.4 Å². The molecule has 1 atom stereocenters. The molecule has 126 valence electrons. The molecule has 0 radical (unpaired) electrons. The first kappa shape index (κ1) is 16.7. The summed E-state index contributed by atoms with van der Waals surface area (Å²) < 4.78 is 11.4. The second kappa shape index (κ2) is 8.60. The summed E-state index contributed by atoms with van der Waals surface area (Å²) in [6, 6.07) is 8.42. The molecular weight excluding hydrogens is 308 g/mol. The molecular formula is C18H26N2O2S. The van der Waals surface area contributed by atoms with Crippen LogP contribution >= 0.6 is 11.8 Å². The minimum atomic E-state index is 0.350. The lowest BCUT2D eigenvalue weighted by Crippen LogP contribution is -2.36. The quantitative estimate of drug-likeness (QED) is 0.796. The minimum Gasteiger partial charge on any atom is -0.494 e. The Morgan fingerprint density at radius 2 is 2.17 bits per heavy atom. The Morgan fingerprint density at radius 1 is 1.30 bits per heavy atom. The molecule has 1 aromatic carbocycles. The van der Waals surface area contributed by atoms with Gasteiger partial charge in [-0.3, -0.25) is 4.99 Å². The molecule has 4 nitrogen and oxygen atoms in total. The highest BCUT2D eigenvalue weighted by molar-refractivity contribution is 8.13. The van der Waals surface area contributed by atoms with Crippen LogP contribution in [0.1, 0.15) is 31.7 Å². The van der Waals surface area contributed by atoms with Crippen LogP contribution in [0.4, 0.5) is 0 Å². The van der Waals surface area contributed by atoms with Gasteiger partial charge in [0.25, 0.3) is 0 Å². The summed E-state index contributed by atoms with van der Waals surface area (Å²) in [5.74, 6) is 2.11. The molecule has 0 bridgehead atoms. The molecule has 2 aliphatic heterocycles. The van der Waals surface area contributed by atoms with Crippen LogP contribution in [0.2, 0.25) is 0 Å². The van der Waals surface area contributed by atoms with Crippen molar-refractivity contribution in [3.8, 4) is 5.75 Å². The zero-order chi connectivity index (χ0) is 15.9. The van der Waals surface area contributed by atoms with E-state index in [-0.39, 0.29) is 0 Å². The molecule has 1 aromatic rings. The van der Waals surface area contributed by atoms with E-state index in [1.807, 2.05) is 18.7 Å². The summed E-state index contributed by atoms with van der Waals surface area (Å²) >= 11 is 1.88. The molecule has 1 saturated heterocycles. The van der Waals surface area contributed by atoms with E-state index in [4.69, 9.17) is 14.5 Å². The van der Waals surface area contributed by atoms with Crippen molar-refractivity contribution in [2.45, 2.75) is 38.8 Å². The lowest BCUT2D eigenvalue weighted by molar-refractivity contribution is 0.0906. The maximum Gasteiger partial charge on any atom is 0.159 e. The summed E-state index contributed by atoms with van der Waals surface area (Å²) in [7, 11) is 0. The van der Waals surface area contributed by atoms with Gasteiger partial charge in [0.2, 0.25) is 0 Å². The first-order valence-corrected chi connectivity index (χ1v) is 9.59. The fraction of sp³-hybridized carbons (Fsp3) is 0.611. The van der Waals surface area contributed by atoms with Gasteiger partial charge in [-0.25, -0.2) is 0 Å². The Morgan fingerprint density at radius 3 is 2.83 bits per heavy atom. The Hall–Kier alpha value is -1.20. The number of rotatable bonds is 6. The van der Waals surface area contributed by atoms with Crippen LogP contribution < -0.4 is 4.74 Å². The SMILES string of the molecule is CCOc1ccc(CN(CC2CCCO2)C2=NCCCS2)cc1. The number of hydrogen-bond acceptors (Lipinski definition) is 5. The third-order valence-electron chi connectivity index (χ3n) is 4.11. The van der Waals surface area contributed by atoms with E-state index in [0.717, 1.165) is 38.4 Å². The van der Waals surface area contributed by atoms with Crippen LogP contribution in [-0.2, 0) is 11.3 Å². The number of ether oxygens (including phenoxy) is 2. The van der Waals surface area contributed by atoms with Crippen molar-refractivity contribution in [1.29, 1.82) is 0 Å². The van der Waals surface area contributed by atoms with E-state index in [0.29, 0.717) is 12.7 Å². The van der Waals surface area contributed by atoms with Gasteiger partial charge in [0.15, 0.2) is 5.17 Å². The summed E-state index contributed by atoms with van der Waals surface area (Å²) in [4.78, 5) is 7.14. The first-order valence-electron chi connectivity index (χ1n) is 8.60. The highest BCUT2D eigenvalue weighted by Gasteiger charge is 2.22. The molecule has 0 N–H and O–H groups in total. The van der Waals surface area contributed by atoms with E-state index in [2.05, 4.69) is 29.2 Å². The second-order valence-corrected chi connectivity index (χ2v) is 7.02. The van der Waals surface area contributed by atoms with Crippen LogP contribution in [-0.4, -0.2) is 48.2 Å². The molecule has 3 rings (SSSR count). The smallest absolute Gasteiger partial charge is 0.159 e. The Balaban J connectivity index is 1.67. The van der Waals surface area contributed by atoms with Gasteiger partial charge in [-0.2, -0.15) is 0 Å². The monoisotopic (exact) mass is 334 g/mol. The normalized spacial score (nSPS) is 21.1. The van der Waals surface area contributed by atoms with Gasteiger partial charge in [0.05, 0.1) is 12.7 Å². The predicted molar refractivity (Wildman–Crippen MR) is 96.4 cm³/mol. The predicted octanol–water partition coefficient (Wildman–Crippen LogP) is 3.56. The van der Waals surface area contributed by atoms with Crippen molar-refractivity contribution in [2.75, 3.05) is 32.1 Å². The van der Waals surface area contributed by atoms with Crippen LogP contribution in [0.25, 0.3) is 0 Å². The topological polar surface area (TPSA) is 34.1 Å². The average Bonchev–Trinajstić information content (AvgIpc) is 3.10. The highest BCUT2D eigenvalue weighted by atomic mass is 32.2. The number of benzene rings is 1. The molecule has 5 heteroatoms. The molecule has 23 heavy (non-hydrogen) atoms. The molecule has 0 spiro atoms. The van der Waals surface area contributed by atoms with Gasteiger partial charge in [-0.15, -0.1) is 0 Å². The summed E-state index contributed by atoms with van der Waals surface area (Å²) in [5, 5.41) is 1.18. The third kappa shape index (κ3) is 4.88. The number of hydrogen-bond donors (Lipinski definition) is 0. The molecule has 0 aliphatic carbocycles. The maximum atomic E-state index is 5.84. The first-order chi connectivity index (χ1) is 11.3. The van der Waals surface area contributed by atoms with Crippen molar-refractivity contribution >= 4 is 16.9 Å². The highest BCUT2D eigenvalue weighted by Crippen LogP contribution is 2.22. The second-order valence-electron chi connectivity index (χ2n) is 5.96. The van der Waals surface area contributed by atoms with Crippen LogP contribution in [0.5, 0.6) is 5.75 Å². The fourth-order valence-electron chi connectivity index (χ4n) is 2.96. The van der Waals surface area contributed by atoms with E-state index in [1.165, 1.54) is 29.3 Å². The zero-order valence-corrected chi connectivity index (χ0v) is 14.7. The van der Waals surface area contributed by atoms with Crippen LogP contribution in [0, 0.1) is 0 Å². The van der Waals surface area contributed by atoms with Crippen molar-refractivity contribution in [3.05, 3.63) is 29.8 Å². The molecule has 0 saturated carbocycles. The summed E-state index contributed by atoms with van der Waals surface area (Å²) in [6.45, 7) is 6.40. The van der Waals surface area contributed by atoms with Crippen molar-refractivity contribution < 1.29 is 9.47 Å². The number of nitrogens with zero attached hydrogens (tertiary/aromatic N) is 2. The van der Waals surface area contributed by atoms with Crippen molar-refractivity contribution in [2.24, 2.45) is 4.99 Å². The molecule has 2 heterocycles. The molecule has 0 amide bonds. The number of amidine groups is 1. The molecule has 0 aromatic heterocycles. The largest absolute Gasteiger partial charge is 0.494 e. The molecule has 1 fully saturated rings. The Bertz CT molecular complexity index is 512. The van der Waals surface area contributed by atoms with E-state index < -0.39 is 0 Å². The average molecular weight is 334 g/mol. The maximum absolute atomic E-state index is 5.84. The van der Waals surface area contributed by atoms with Gasteiger partial charge in [-0.1, -0.05) is 23.9 Å². The molecule has 1 unspecified atom stereocenters. The van der Waals surface area contributed by atoms with Gasteiger partial charge in [0.1, 0.15) is 5.75 Å². The number of thioether (sulfide) groups is 1. The fourth-order valence-corrected chi connectivity index (χ4v) is 3.92. The van der Waals surface area contributed by atoms with Gasteiger partial charge in [-0.05, 0) is 43.9 Å². The van der Waals surface area contributed by atoms with Gasteiger partial charge >= 0.3 is 0 Å². The lowest BCUT2D eigenvalue weighted by atomic mass is 10.2. The molecule has 2 aliphatic rings. The van der Waals surface area contributed by atoms with E-state index >= 15 is 0 Å². The van der Waals surface area contributed by atoms with E-state index in [1.54, 1.807) is 0 Å². The summed E-state index contributed by atoms with van der Waals surface area (Å²) in [6.07, 6.45) is 3.88. The Kier molecular flexibility index (Phi) is 6.22. The van der Waals surface area contributed by atoms with E-state index in [9.17, 15) is 0 Å². The Labute approximate surface area is 143 Å². The van der Waals surface area contributed by atoms with Crippen molar-refractivity contribution in [3.63, 3.8) is 0 Å². The zero-order valence-electron chi connectivity index (χ0n) is 13.9. The van der Waals surface area contributed by atoms with Gasteiger partial charge in [0, 0.05) is 32.0 Å². The van der Waals surface area contributed by atoms with Crippen molar-refractivity contribution in [1.82, 2.24) is 4.90 Å². The minimum absolute atomic E-state index is 0.350. The summed E-state index contributed by atoms with van der Waals surface area (Å²) in [5.41, 5.74) is 1.29. The van der Waals surface area contributed by atoms with Crippen LogP contribution in [0.15, 0.2) is 29.3 Å². The lowest BCUT2D eigenvalue weighted by Gasteiger charge is -2.29. The number of aliphatic imine (C=N–C) groups is 1. The standard InChI is InChI=1S/C18H26N2O2S/c1-2-21-16-8-6-15(7-9-16)13-20(14-17-5-3-11-22-17)18-19-10-4-12-23-18/h6-9,17H,2-5,10-14H2,1H3.